The zero-order valence-corrected chi connectivity index (χ0v) is 5.87. The average molecular weight is 135 g/mol. The zero-order valence-electron chi connectivity index (χ0n) is 5.87. The molecule has 0 aromatic heterocycles. The maximum atomic E-state index is 5.37. The zero-order chi connectivity index (χ0) is 6.97. The molecule has 52 valence electrons. The molecule has 0 amide bonds. The van der Waals surface area contributed by atoms with E-state index in [1.54, 1.807) is 0 Å². The van der Waals surface area contributed by atoms with Gasteiger partial charge in [-0.25, -0.2) is 0 Å². The van der Waals surface area contributed by atoms with Gasteiger partial charge in [0.15, 0.2) is 5.76 Å². The molecule has 2 heteroatoms. The number of allylic oxidation sites excluding steroid dienone is 3. The van der Waals surface area contributed by atoms with Crippen molar-refractivity contribution in [2.45, 2.75) is 0 Å². The molecule has 0 saturated carbocycles. The Morgan fingerprint density at radius 2 is 2.50 bits per heavy atom. The lowest BCUT2D eigenvalue weighted by Gasteiger charge is -2.21. The smallest absolute Gasteiger partial charge is 0.154 e. The van der Waals surface area contributed by atoms with Gasteiger partial charge < -0.3 is 4.84 Å². The normalized spacial score (nSPS) is 23.3. The lowest BCUT2D eigenvalue weighted by Crippen LogP contribution is -2.22. The second kappa shape index (κ2) is 1.99. The Morgan fingerprint density at radius 3 is 3.40 bits per heavy atom. The van der Waals surface area contributed by atoms with Crippen molar-refractivity contribution in [2.75, 3.05) is 13.6 Å². The third-order valence-electron chi connectivity index (χ3n) is 1.63. The van der Waals surface area contributed by atoms with Gasteiger partial charge in [0.05, 0.1) is 6.54 Å². The summed E-state index contributed by atoms with van der Waals surface area (Å²) in [5.74, 6) is 0.966. The minimum Gasteiger partial charge on any atom is -0.405 e. The quantitative estimate of drug-likeness (QED) is 0.495. The summed E-state index contributed by atoms with van der Waals surface area (Å²) < 4.78 is 0. The van der Waals surface area contributed by atoms with Gasteiger partial charge in [0, 0.05) is 12.6 Å². The Labute approximate surface area is 60.0 Å². The number of hydrogen-bond acceptors (Lipinski definition) is 2. The fraction of sp³-hybridized carbons (Fsp3) is 0.250. The van der Waals surface area contributed by atoms with E-state index in [1.165, 1.54) is 5.57 Å². The van der Waals surface area contributed by atoms with Crippen molar-refractivity contribution in [3.8, 4) is 0 Å². The Kier molecular flexibility index (Phi) is 1.14. The molecule has 0 saturated heterocycles. The standard InChI is InChI=1S/C8H9NO/c1-9-6-5-7-3-2-4-8(7)10-9/h2-5H,6H2,1H3. The third-order valence-corrected chi connectivity index (χ3v) is 1.63. The summed E-state index contributed by atoms with van der Waals surface area (Å²) in [6.45, 7) is 0.872. The molecule has 0 fully saturated rings. The lowest BCUT2D eigenvalue weighted by molar-refractivity contribution is -0.0889. The summed E-state index contributed by atoms with van der Waals surface area (Å²) in [5, 5.41) is 1.81. The van der Waals surface area contributed by atoms with Crippen molar-refractivity contribution in [3.05, 3.63) is 35.6 Å². The number of hydrogen-bond donors (Lipinski definition) is 0. The first-order chi connectivity index (χ1) is 4.86. The molecule has 2 nitrogen and oxygen atoms in total. The largest absolute Gasteiger partial charge is 0.405 e. The van der Waals surface area contributed by atoms with Gasteiger partial charge in [-0.2, -0.15) is 0 Å². The van der Waals surface area contributed by atoms with Crippen LogP contribution in [0.5, 0.6) is 0 Å². The van der Waals surface area contributed by atoms with Crippen LogP contribution in [0.3, 0.4) is 0 Å². The van der Waals surface area contributed by atoms with E-state index in [-0.39, 0.29) is 0 Å². The van der Waals surface area contributed by atoms with Gasteiger partial charge in [0.2, 0.25) is 0 Å². The maximum absolute atomic E-state index is 5.37. The van der Waals surface area contributed by atoms with Crippen LogP contribution in [-0.2, 0) is 4.84 Å². The summed E-state index contributed by atoms with van der Waals surface area (Å²) in [6, 6.07) is 0. The van der Waals surface area contributed by atoms with Crippen molar-refractivity contribution in [3.63, 3.8) is 0 Å². The molecular weight excluding hydrogens is 126 g/mol. The van der Waals surface area contributed by atoms with Crippen LogP contribution in [0.25, 0.3) is 0 Å². The Morgan fingerprint density at radius 1 is 1.60 bits per heavy atom. The van der Waals surface area contributed by atoms with E-state index in [2.05, 4.69) is 12.2 Å². The predicted molar refractivity (Wildman–Crippen MR) is 39.0 cm³/mol. The molecule has 0 bridgehead atoms. The van der Waals surface area contributed by atoms with Crippen LogP contribution in [0.15, 0.2) is 35.6 Å². The summed E-state index contributed by atoms with van der Waals surface area (Å²) in [5.41, 5.74) is 1.21. The van der Waals surface area contributed by atoms with Gasteiger partial charge in [0.1, 0.15) is 0 Å². The molecule has 0 atom stereocenters. The van der Waals surface area contributed by atoms with E-state index in [0.29, 0.717) is 0 Å². The van der Waals surface area contributed by atoms with Crippen LogP contribution in [0.2, 0.25) is 0 Å². The van der Waals surface area contributed by atoms with Crippen LogP contribution in [0, 0.1) is 0 Å². The molecule has 2 rings (SSSR count). The Hall–Kier alpha value is -1.02. The highest BCUT2D eigenvalue weighted by atomic mass is 16.7. The van der Waals surface area contributed by atoms with Gasteiger partial charge >= 0.3 is 0 Å². The second-order valence-corrected chi connectivity index (χ2v) is 2.45. The molecule has 1 aliphatic heterocycles. The lowest BCUT2D eigenvalue weighted by atomic mass is 10.2. The van der Waals surface area contributed by atoms with Gasteiger partial charge in [0.25, 0.3) is 0 Å². The fourth-order valence-corrected chi connectivity index (χ4v) is 1.10. The molecule has 0 N–H and O–H groups in total. The average Bonchev–Trinajstić information content (AvgIpc) is 2.33. The summed E-state index contributed by atoms with van der Waals surface area (Å²) in [4.78, 5) is 5.37. The molecule has 0 radical (unpaired) electrons. The second-order valence-electron chi connectivity index (χ2n) is 2.45. The van der Waals surface area contributed by atoms with Crippen molar-refractivity contribution < 1.29 is 4.84 Å². The van der Waals surface area contributed by atoms with E-state index in [1.807, 2.05) is 24.3 Å². The summed E-state index contributed by atoms with van der Waals surface area (Å²) in [7, 11) is 1.92. The first kappa shape index (κ1) is 5.74. The van der Waals surface area contributed by atoms with Gasteiger partial charge in [-0.3, -0.25) is 0 Å². The molecule has 0 aromatic rings. The van der Waals surface area contributed by atoms with Crippen LogP contribution in [0.4, 0.5) is 0 Å². The summed E-state index contributed by atoms with van der Waals surface area (Å²) in [6.07, 6.45) is 8.18. The molecule has 0 unspecified atom stereocenters. The molecule has 10 heavy (non-hydrogen) atoms. The number of nitrogens with zero attached hydrogens (tertiary/aromatic N) is 1. The molecule has 2 aliphatic rings. The van der Waals surface area contributed by atoms with Crippen LogP contribution < -0.4 is 0 Å². The van der Waals surface area contributed by atoms with Crippen LogP contribution >= 0.6 is 0 Å². The molecule has 1 aliphatic carbocycles. The molecule has 0 spiro atoms. The predicted octanol–water partition coefficient (Wildman–Crippen LogP) is 1.24. The van der Waals surface area contributed by atoms with E-state index in [0.717, 1.165) is 12.3 Å². The van der Waals surface area contributed by atoms with E-state index < -0.39 is 0 Å². The van der Waals surface area contributed by atoms with Crippen molar-refractivity contribution in [1.29, 1.82) is 0 Å². The van der Waals surface area contributed by atoms with Crippen LogP contribution in [-0.4, -0.2) is 18.7 Å². The number of hydroxylamine groups is 2. The number of likely N-dealkylation sites (N-methyl/N-ethyl adjacent to an activating group) is 1. The van der Waals surface area contributed by atoms with Crippen LogP contribution in [0.1, 0.15) is 0 Å². The topological polar surface area (TPSA) is 12.5 Å². The van der Waals surface area contributed by atoms with Gasteiger partial charge in [-0.15, -0.1) is 5.06 Å². The minimum absolute atomic E-state index is 0.872. The van der Waals surface area contributed by atoms with Gasteiger partial charge in [-0.05, 0) is 6.08 Å². The first-order valence-corrected chi connectivity index (χ1v) is 3.34. The Balaban J connectivity index is 2.30. The van der Waals surface area contributed by atoms with Crippen molar-refractivity contribution in [2.24, 2.45) is 0 Å². The molecule has 0 aromatic carbocycles. The molecule has 1 heterocycles. The maximum Gasteiger partial charge on any atom is 0.154 e. The SMILES string of the molecule is CN1CC=C2C=CC=C2O1. The molecular formula is C8H9NO. The minimum atomic E-state index is 0.872. The Bertz CT molecular complexity index is 238. The highest BCUT2D eigenvalue weighted by Gasteiger charge is 2.14. The van der Waals surface area contributed by atoms with E-state index >= 15 is 0 Å². The van der Waals surface area contributed by atoms with E-state index in [4.69, 9.17) is 4.84 Å². The third kappa shape index (κ3) is 0.772. The highest BCUT2D eigenvalue weighted by Crippen LogP contribution is 2.23. The first-order valence-electron chi connectivity index (χ1n) is 3.34. The highest BCUT2D eigenvalue weighted by molar-refractivity contribution is 5.45. The van der Waals surface area contributed by atoms with E-state index in [9.17, 15) is 0 Å². The number of rotatable bonds is 0. The van der Waals surface area contributed by atoms with Gasteiger partial charge in [-0.1, -0.05) is 18.2 Å². The monoisotopic (exact) mass is 135 g/mol. The van der Waals surface area contributed by atoms with Crippen molar-refractivity contribution in [1.82, 2.24) is 5.06 Å². The fourth-order valence-electron chi connectivity index (χ4n) is 1.10. The number of fused-ring (bicyclic) bond motifs is 1. The van der Waals surface area contributed by atoms with Crippen molar-refractivity contribution >= 4 is 0 Å². The summed E-state index contributed by atoms with van der Waals surface area (Å²) >= 11 is 0.